The van der Waals surface area contributed by atoms with E-state index in [9.17, 15) is 4.79 Å². The minimum absolute atomic E-state index is 0.0300. The van der Waals surface area contributed by atoms with Gasteiger partial charge in [0.05, 0.1) is 11.9 Å². The number of para-hydroxylation sites is 1. The number of rotatable bonds is 7. The molecule has 1 aromatic heterocycles. The summed E-state index contributed by atoms with van der Waals surface area (Å²) in [6.45, 7) is 1.62. The monoisotopic (exact) mass is 272 g/mol. The van der Waals surface area contributed by atoms with Crippen LogP contribution in [0.3, 0.4) is 0 Å². The molecule has 1 aromatic carbocycles. The number of hydrogen-bond acceptors (Lipinski definition) is 3. The summed E-state index contributed by atoms with van der Waals surface area (Å²) in [6, 6.07) is 7.50. The maximum Gasteiger partial charge on any atom is 0.253 e. The van der Waals surface area contributed by atoms with Gasteiger partial charge >= 0.3 is 0 Å². The summed E-state index contributed by atoms with van der Waals surface area (Å²) in [6.07, 6.45) is 7.50. The summed E-state index contributed by atoms with van der Waals surface area (Å²) in [4.78, 5) is 16.0. The number of carbonyl (C=O) groups is 1. The Morgan fingerprint density at radius 1 is 1.30 bits per heavy atom. The highest BCUT2D eigenvalue weighted by Crippen LogP contribution is 2.13. The van der Waals surface area contributed by atoms with E-state index in [1.165, 1.54) is 0 Å². The van der Waals surface area contributed by atoms with E-state index >= 15 is 0 Å². The maximum atomic E-state index is 12.0. The van der Waals surface area contributed by atoms with E-state index in [4.69, 9.17) is 0 Å². The Hall–Kier alpha value is -2.30. The molecule has 0 spiro atoms. The quantitative estimate of drug-likeness (QED) is 0.759. The topological polar surface area (TPSA) is 59.0 Å². The van der Waals surface area contributed by atoms with Gasteiger partial charge in [0, 0.05) is 38.2 Å². The van der Waals surface area contributed by atoms with Crippen molar-refractivity contribution < 1.29 is 4.79 Å². The average Bonchev–Trinajstić information content (AvgIpc) is 3.00. The number of nitrogens with one attached hydrogen (secondary N) is 2. The second-order valence-corrected chi connectivity index (χ2v) is 4.56. The van der Waals surface area contributed by atoms with Crippen molar-refractivity contribution in [1.29, 1.82) is 0 Å². The fraction of sp³-hybridized carbons (Fsp3) is 0.333. The molecule has 0 saturated carbocycles. The van der Waals surface area contributed by atoms with Crippen molar-refractivity contribution in [3.05, 3.63) is 48.5 Å². The van der Waals surface area contributed by atoms with Crippen LogP contribution in [0.15, 0.2) is 43.0 Å². The lowest BCUT2D eigenvalue weighted by Crippen LogP contribution is -2.25. The van der Waals surface area contributed by atoms with Crippen molar-refractivity contribution in [2.24, 2.45) is 0 Å². The molecule has 0 aliphatic carbocycles. The summed E-state index contributed by atoms with van der Waals surface area (Å²) in [5, 5.41) is 5.98. The average molecular weight is 272 g/mol. The molecule has 0 atom stereocenters. The molecular formula is C15H20N4O. The highest BCUT2D eigenvalue weighted by Gasteiger charge is 2.08. The van der Waals surface area contributed by atoms with Crippen LogP contribution < -0.4 is 10.6 Å². The standard InChI is InChI=1S/C15H20N4O/c1-16-14-7-3-2-6-13(14)15(20)18-8-4-5-10-19-11-9-17-12-19/h2-3,6-7,9,11-12,16H,4-5,8,10H2,1H3,(H,18,20). The number of hydrogen-bond donors (Lipinski definition) is 2. The van der Waals surface area contributed by atoms with E-state index in [1.54, 1.807) is 6.20 Å². The van der Waals surface area contributed by atoms with Gasteiger partial charge in [0.2, 0.25) is 0 Å². The van der Waals surface area contributed by atoms with Crippen molar-refractivity contribution >= 4 is 11.6 Å². The lowest BCUT2D eigenvalue weighted by molar-refractivity contribution is 0.0953. The predicted molar refractivity (Wildman–Crippen MR) is 79.8 cm³/mol. The van der Waals surface area contributed by atoms with Crippen LogP contribution in [0, 0.1) is 0 Å². The lowest BCUT2D eigenvalue weighted by Gasteiger charge is -2.09. The smallest absolute Gasteiger partial charge is 0.253 e. The van der Waals surface area contributed by atoms with Crippen molar-refractivity contribution in [1.82, 2.24) is 14.9 Å². The van der Waals surface area contributed by atoms with E-state index in [2.05, 4.69) is 15.6 Å². The lowest BCUT2D eigenvalue weighted by atomic mass is 10.1. The molecule has 2 rings (SSSR count). The molecule has 0 saturated heterocycles. The van der Waals surface area contributed by atoms with E-state index in [0.717, 1.165) is 25.1 Å². The number of carbonyl (C=O) groups excluding carboxylic acids is 1. The Morgan fingerprint density at radius 3 is 2.90 bits per heavy atom. The first-order valence-corrected chi connectivity index (χ1v) is 6.82. The third-order valence-electron chi connectivity index (χ3n) is 3.13. The largest absolute Gasteiger partial charge is 0.387 e. The van der Waals surface area contributed by atoms with Crippen molar-refractivity contribution in [2.75, 3.05) is 18.9 Å². The molecule has 5 nitrogen and oxygen atoms in total. The molecule has 1 heterocycles. The van der Waals surface area contributed by atoms with Gasteiger partial charge in [-0.2, -0.15) is 0 Å². The highest BCUT2D eigenvalue weighted by molar-refractivity contribution is 5.99. The van der Waals surface area contributed by atoms with E-state index in [-0.39, 0.29) is 5.91 Å². The molecule has 20 heavy (non-hydrogen) atoms. The zero-order chi connectivity index (χ0) is 14.2. The minimum atomic E-state index is -0.0300. The van der Waals surface area contributed by atoms with Crippen LogP contribution >= 0.6 is 0 Å². The third kappa shape index (κ3) is 3.85. The van der Waals surface area contributed by atoms with E-state index in [0.29, 0.717) is 12.1 Å². The zero-order valence-corrected chi connectivity index (χ0v) is 11.7. The molecule has 2 N–H and O–H groups in total. The van der Waals surface area contributed by atoms with Crippen molar-refractivity contribution in [3.63, 3.8) is 0 Å². The Kier molecular flexibility index (Phi) is 5.17. The first-order chi connectivity index (χ1) is 9.81. The molecule has 0 bridgehead atoms. The molecule has 2 aromatic rings. The Bertz CT molecular complexity index is 537. The van der Waals surface area contributed by atoms with Gasteiger partial charge in [-0.3, -0.25) is 4.79 Å². The normalized spacial score (nSPS) is 10.2. The highest BCUT2D eigenvalue weighted by atomic mass is 16.1. The third-order valence-corrected chi connectivity index (χ3v) is 3.13. The SMILES string of the molecule is CNc1ccccc1C(=O)NCCCCn1ccnc1. The fourth-order valence-corrected chi connectivity index (χ4v) is 2.03. The summed E-state index contributed by atoms with van der Waals surface area (Å²) in [7, 11) is 1.82. The van der Waals surface area contributed by atoms with E-state index in [1.807, 2.05) is 48.4 Å². The van der Waals surface area contributed by atoms with E-state index < -0.39 is 0 Å². The number of amides is 1. The van der Waals surface area contributed by atoms with Gasteiger partial charge in [-0.1, -0.05) is 12.1 Å². The minimum Gasteiger partial charge on any atom is -0.387 e. The van der Waals surface area contributed by atoms with Gasteiger partial charge < -0.3 is 15.2 Å². The molecular weight excluding hydrogens is 252 g/mol. The number of aryl methyl sites for hydroxylation is 1. The van der Waals surface area contributed by atoms with Crippen LogP contribution in [-0.4, -0.2) is 29.1 Å². The molecule has 106 valence electrons. The summed E-state index contributed by atoms with van der Waals surface area (Å²) < 4.78 is 2.04. The number of nitrogens with zero attached hydrogens (tertiary/aromatic N) is 2. The first kappa shape index (κ1) is 14.1. The number of benzene rings is 1. The van der Waals surface area contributed by atoms with Crippen molar-refractivity contribution in [2.45, 2.75) is 19.4 Å². The van der Waals surface area contributed by atoms with Gasteiger partial charge in [-0.25, -0.2) is 4.98 Å². The maximum absolute atomic E-state index is 12.0. The van der Waals surface area contributed by atoms with Crippen molar-refractivity contribution in [3.8, 4) is 0 Å². The van der Waals surface area contributed by atoms with Crippen LogP contribution in [0.5, 0.6) is 0 Å². The van der Waals surface area contributed by atoms with Crippen LogP contribution in [0.4, 0.5) is 5.69 Å². The zero-order valence-electron chi connectivity index (χ0n) is 11.7. The fourth-order valence-electron chi connectivity index (χ4n) is 2.03. The van der Waals surface area contributed by atoms with Crippen LogP contribution in [0.25, 0.3) is 0 Å². The molecule has 0 aliphatic rings. The van der Waals surface area contributed by atoms with Crippen LogP contribution in [0.1, 0.15) is 23.2 Å². The van der Waals surface area contributed by atoms with Gasteiger partial charge in [0.15, 0.2) is 0 Å². The molecule has 5 heteroatoms. The summed E-state index contributed by atoms with van der Waals surface area (Å²) in [5.41, 5.74) is 1.54. The second kappa shape index (κ2) is 7.33. The molecule has 0 radical (unpaired) electrons. The number of unbranched alkanes of at least 4 members (excludes halogenated alkanes) is 1. The molecule has 0 unspecified atom stereocenters. The number of imidazole rings is 1. The Labute approximate surface area is 119 Å². The van der Waals surface area contributed by atoms with Crippen LogP contribution in [-0.2, 0) is 6.54 Å². The van der Waals surface area contributed by atoms with Gasteiger partial charge in [-0.05, 0) is 25.0 Å². The molecule has 0 fully saturated rings. The predicted octanol–water partition coefficient (Wildman–Crippen LogP) is 2.13. The number of anilines is 1. The first-order valence-electron chi connectivity index (χ1n) is 6.82. The molecule has 0 aliphatic heterocycles. The van der Waals surface area contributed by atoms with Gasteiger partial charge in [0.25, 0.3) is 5.91 Å². The number of aromatic nitrogens is 2. The van der Waals surface area contributed by atoms with Crippen LogP contribution in [0.2, 0.25) is 0 Å². The Morgan fingerprint density at radius 2 is 2.15 bits per heavy atom. The summed E-state index contributed by atoms with van der Waals surface area (Å²) >= 11 is 0. The van der Waals surface area contributed by atoms with Gasteiger partial charge in [0.1, 0.15) is 0 Å². The molecule has 1 amide bonds. The summed E-state index contributed by atoms with van der Waals surface area (Å²) in [5.74, 6) is -0.0300. The second-order valence-electron chi connectivity index (χ2n) is 4.56. The Balaban J connectivity index is 1.72. The van der Waals surface area contributed by atoms with Gasteiger partial charge in [-0.15, -0.1) is 0 Å².